The molecular weight excluding hydrogens is 239 g/mol. The zero-order valence-electron chi connectivity index (χ0n) is 7.51. The fraction of sp³-hybridized carbons (Fsp3) is 0.200. The molecule has 74 valence electrons. The van der Waals surface area contributed by atoms with Crippen LogP contribution in [0.3, 0.4) is 0 Å². The van der Waals surface area contributed by atoms with Gasteiger partial charge >= 0.3 is 0 Å². The maximum atomic E-state index is 5.94. The van der Waals surface area contributed by atoms with Gasteiger partial charge in [0, 0.05) is 15.6 Å². The predicted octanol–water partition coefficient (Wildman–Crippen LogP) is 4.30. The Hall–Kier alpha value is -0.440. The van der Waals surface area contributed by atoms with Crippen LogP contribution in [0.2, 0.25) is 4.34 Å². The van der Waals surface area contributed by atoms with Crippen LogP contribution in [0.1, 0.15) is 5.56 Å². The van der Waals surface area contributed by atoms with Gasteiger partial charge in [-0.05, 0) is 12.1 Å². The van der Waals surface area contributed by atoms with Gasteiger partial charge in [-0.1, -0.05) is 17.7 Å². The van der Waals surface area contributed by atoms with Gasteiger partial charge in [0.15, 0.2) is 0 Å². The lowest BCUT2D eigenvalue weighted by molar-refractivity contribution is 0.416. The lowest BCUT2D eigenvalue weighted by Crippen LogP contribution is -1.89. The number of fused-ring (bicyclic) bond motifs is 1. The first kappa shape index (κ1) is 10.1. The number of methoxy groups -OCH3 is 1. The highest BCUT2D eigenvalue weighted by Gasteiger charge is 2.09. The standard InChI is InChI=1S/C10H8Cl2OS/c1-13-10-6(5-11)2-3-8-7(10)4-9(12)14-8/h2-4H,5H2,1H3. The fourth-order valence-electron chi connectivity index (χ4n) is 1.45. The molecule has 0 amide bonds. The van der Waals surface area contributed by atoms with E-state index in [4.69, 9.17) is 27.9 Å². The Labute approximate surface area is 96.2 Å². The summed E-state index contributed by atoms with van der Waals surface area (Å²) >= 11 is 13.3. The highest BCUT2D eigenvalue weighted by Crippen LogP contribution is 2.37. The Bertz CT molecular complexity index is 464. The molecule has 1 aromatic carbocycles. The molecule has 0 aliphatic rings. The second-order valence-electron chi connectivity index (χ2n) is 2.85. The Balaban J connectivity index is 2.75. The van der Waals surface area contributed by atoms with Crippen LogP contribution in [-0.2, 0) is 5.88 Å². The van der Waals surface area contributed by atoms with Gasteiger partial charge in [0.25, 0.3) is 0 Å². The predicted molar refractivity (Wildman–Crippen MR) is 62.9 cm³/mol. The maximum Gasteiger partial charge on any atom is 0.131 e. The molecule has 0 radical (unpaired) electrons. The summed E-state index contributed by atoms with van der Waals surface area (Å²) in [4.78, 5) is 0. The summed E-state index contributed by atoms with van der Waals surface area (Å²) in [5, 5.41) is 1.04. The van der Waals surface area contributed by atoms with E-state index in [-0.39, 0.29) is 0 Å². The lowest BCUT2D eigenvalue weighted by Gasteiger charge is -2.06. The van der Waals surface area contributed by atoms with Crippen molar-refractivity contribution < 1.29 is 4.74 Å². The SMILES string of the molecule is COc1c(CCl)ccc2sc(Cl)cc12. The molecule has 2 rings (SSSR count). The summed E-state index contributed by atoms with van der Waals surface area (Å²) < 4.78 is 7.22. The largest absolute Gasteiger partial charge is 0.496 e. The number of rotatable bonds is 2. The first-order valence-corrected chi connectivity index (χ1v) is 5.80. The molecule has 0 saturated heterocycles. The molecule has 0 atom stereocenters. The van der Waals surface area contributed by atoms with Crippen molar-refractivity contribution in [1.29, 1.82) is 0 Å². The molecule has 1 aromatic heterocycles. The number of alkyl halides is 1. The van der Waals surface area contributed by atoms with Gasteiger partial charge in [0.2, 0.25) is 0 Å². The second-order valence-corrected chi connectivity index (χ2v) is 4.84. The van der Waals surface area contributed by atoms with Crippen LogP contribution < -0.4 is 4.74 Å². The van der Waals surface area contributed by atoms with E-state index in [1.807, 2.05) is 18.2 Å². The van der Waals surface area contributed by atoms with E-state index in [1.165, 1.54) is 0 Å². The minimum atomic E-state index is 0.451. The molecule has 1 nitrogen and oxygen atoms in total. The van der Waals surface area contributed by atoms with Crippen LogP contribution in [0.25, 0.3) is 10.1 Å². The third kappa shape index (κ3) is 1.58. The van der Waals surface area contributed by atoms with Crippen LogP contribution >= 0.6 is 34.5 Å². The van der Waals surface area contributed by atoms with Gasteiger partial charge in [-0.25, -0.2) is 0 Å². The summed E-state index contributed by atoms with van der Waals surface area (Å²) in [5.74, 6) is 1.28. The van der Waals surface area contributed by atoms with Gasteiger partial charge in [0.1, 0.15) is 5.75 Å². The van der Waals surface area contributed by atoms with Crippen LogP contribution in [0.15, 0.2) is 18.2 Å². The topological polar surface area (TPSA) is 9.23 Å². The van der Waals surface area contributed by atoms with Crippen molar-refractivity contribution >= 4 is 44.6 Å². The van der Waals surface area contributed by atoms with Gasteiger partial charge in [0.05, 0.1) is 17.3 Å². The highest BCUT2D eigenvalue weighted by molar-refractivity contribution is 7.22. The van der Waals surface area contributed by atoms with E-state index in [0.717, 1.165) is 25.7 Å². The van der Waals surface area contributed by atoms with Gasteiger partial charge in [-0.15, -0.1) is 22.9 Å². The summed E-state index contributed by atoms with van der Waals surface area (Å²) in [7, 11) is 1.65. The van der Waals surface area contributed by atoms with E-state index >= 15 is 0 Å². The van der Waals surface area contributed by atoms with E-state index in [9.17, 15) is 0 Å². The zero-order valence-corrected chi connectivity index (χ0v) is 9.84. The van der Waals surface area contributed by atoms with E-state index in [2.05, 4.69) is 0 Å². The molecule has 0 saturated carbocycles. The molecule has 2 aromatic rings. The molecule has 0 fully saturated rings. The van der Waals surface area contributed by atoms with Gasteiger partial charge in [-0.3, -0.25) is 0 Å². The van der Waals surface area contributed by atoms with Gasteiger partial charge < -0.3 is 4.74 Å². The Morgan fingerprint density at radius 2 is 2.21 bits per heavy atom. The smallest absolute Gasteiger partial charge is 0.131 e. The molecule has 4 heteroatoms. The van der Waals surface area contributed by atoms with E-state index in [0.29, 0.717) is 5.88 Å². The minimum absolute atomic E-state index is 0.451. The average Bonchev–Trinajstić information content (AvgIpc) is 2.56. The van der Waals surface area contributed by atoms with Crippen molar-refractivity contribution in [2.45, 2.75) is 5.88 Å². The second kappa shape index (κ2) is 3.97. The number of hydrogen-bond donors (Lipinski definition) is 0. The first-order chi connectivity index (χ1) is 6.76. The molecule has 0 spiro atoms. The number of ether oxygens (including phenoxy) is 1. The van der Waals surface area contributed by atoms with Crippen LogP contribution in [-0.4, -0.2) is 7.11 Å². The normalized spacial score (nSPS) is 10.8. The molecule has 0 unspecified atom stereocenters. The summed E-state index contributed by atoms with van der Waals surface area (Å²) in [6.45, 7) is 0. The summed E-state index contributed by atoms with van der Waals surface area (Å²) in [6, 6.07) is 5.91. The fourth-order valence-corrected chi connectivity index (χ4v) is 2.80. The third-order valence-electron chi connectivity index (χ3n) is 2.05. The van der Waals surface area contributed by atoms with Crippen molar-refractivity contribution in [1.82, 2.24) is 0 Å². The van der Waals surface area contributed by atoms with Crippen molar-refractivity contribution in [2.75, 3.05) is 7.11 Å². The summed E-state index contributed by atoms with van der Waals surface area (Å²) in [6.07, 6.45) is 0. The molecule has 1 heterocycles. The van der Waals surface area contributed by atoms with E-state index in [1.54, 1.807) is 18.4 Å². The van der Waals surface area contributed by atoms with Crippen molar-refractivity contribution in [3.63, 3.8) is 0 Å². The Morgan fingerprint density at radius 1 is 1.43 bits per heavy atom. The number of halogens is 2. The third-order valence-corrected chi connectivity index (χ3v) is 3.57. The van der Waals surface area contributed by atoms with Crippen molar-refractivity contribution in [2.24, 2.45) is 0 Å². The number of benzene rings is 1. The van der Waals surface area contributed by atoms with Gasteiger partial charge in [-0.2, -0.15) is 0 Å². The number of hydrogen-bond acceptors (Lipinski definition) is 2. The average molecular weight is 247 g/mol. The zero-order chi connectivity index (χ0) is 10.1. The van der Waals surface area contributed by atoms with E-state index < -0.39 is 0 Å². The molecule has 14 heavy (non-hydrogen) atoms. The van der Waals surface area contributed by atoms with Crippen molar-refractivity contribution in [3.05, 3.63) is 28.1 Å². The minimum Gasteiger partial charge on any atom is -0.496 e. The molecule has 0 aliphatic heterocycles. The van der Waals surface area contributed by atoms with Crippen molar-refractivity contribution in [3.8, 4) is 5.75 Å². The Kier molecular flexibility index (Phi) is 2.86. The number of thiophene rings is 1. The molecule has 0 N–H and O–H groups in total. The molecular formula is C10H8Cl2OS. The molecule has 0 aliphatic carbocycles. The highest BCUT2D eigenvalue weighted by atomic mass is 35.5. The summed E-state index contributed by atoms with van der Waals surface area (Å²) in [5.41, 5.74) is 0.996. The Morgan fingerprint density at radius 3 is 2.86 bits per heavy atom. The monoisotopic (exact) mass is 246 g/mol. The lowest BCUT2D eigenvalue weighted by atomic mass is 10.1. The van der Waals surface area contributed by atoms with Crippen LogP contribution in [0.5, 0.6) is 5.75 Å². The maximum absolute atomic E-state index is 5.94. The molecule has 0 bridgehead atoms. The quantitative estimate of drug-likeness (QED) is 0.719. The first-order valence-electron chi connectivity index (χ1n) is 4.07. The van der Waals surface area contributed by atoms with Crippen LogP contribution in [0, 0.1) is 0 Å². The van der Waals surface area contributed by atoms with Crippen LogP contribution in [0.4, 0.5) is 0 Å².